The average molecular weight is 381 g/mol. The van der Waals surface area contributed by atoms with Gasteiger partial charge in [0.05, 0.1) is 0 Å². The summed E-state index contributed by atoms with van der Waals surface area (Å²) >= 11 is 0. The van der Waals surface area contributed by atoms with Gasteiger partial charge < -0.3 is 15.1 Å². The topological polar surface area (TPSA) is 52.7 Å². The smallest absolute Gasteiger partial charge is 0.321 e. The van der Waals surface area contributed by atoms with Crippen LogP contribution < -0.4 is 10.2 Å². The van der Waals surface area contributed by atoms with E-state index in [1.54, 1.807) is 12.1 Å². The van der Waals surface area contributed by atoms with Gasteiger partial charge in [0.1, 0.15) is 5.82 Å². The number of para-hydroxylation sites is 1. The van der Waals surface area contributed by atoms with E-state index >= 15 is 0 Å². The van der Waals surface area contributed by atoms with Crippen LogP contribution in [0.3, 0.4) is 0 Å². The van der Waals surface area contributed by atoms with Crippen LogP contribution in [0.25, 0.3) is 0 Å². The molecule has 4 rings (SSSR count). The Morgan fingerprint density at radius 1 is 0.964 bits per heavy atom. The summed E-state index contributed by atoms with van der Waals surface area (Å²) in [6, 6.07) is 15.4. The largest absolute Gasteiger partial charge is 0.324 e. The zero-order valence-corrected chi connectivity index (χ0v) is 15.7. The van der Waals surface area contributed by atoms with Crippen molar-refractivity contribution in [2.24, 2.45) is 11.8 Å². The Kier molecular flexibility index (Phi) is 5.28. The Morgan fingerprint density at radius 2 is 1.68 bits per heavy atom. The number of nitrogens with one attached hydrogen (secondary N) is 1. The van der Waals surface area contributed by atoms with Crippen molar-refractivity contribution in [2.75, 3.05) is 29.9 Å². The number of nitrogens with zero attached hydrogens (tertiary/aromatic N) is 2. The van der Waals surface area contributed by atoms with Crippen LogP contribution in [0.15, 0.2) is 54.6 Å². The number of hydrogen-bond acceptors (Lipinski definition) is 2. The average Bonchev–Trinajstić information content (AvgIpc) is 2.88. The minimum absolute atomic E-state index is 0.166. The van der Waals surface area contributed by atoms with E-state index < -0.39 is 0 Å². The van der Waals surface area contributed by atoms with Crippen molar-refractivity contribution in [3.05, 3.63) is 60.4 Å². The molecule has 146 valence electrons. The normalized spacial score (nSPS) is 22.4. The molecule has 6 heteroatoms. The molecule has 28 heavy (non-hydrogen) atoms. The Bertz CT molecular complexity index is 841. The van der Waals surface area contributed by atoms with Crippen molar-refractivity contribution >= 4 is 23.3 Å². The zero-order valence-electron chi connectivity index (χ0n) is 15.7. The highest BCUT2D eigenvalue weighted by Gasteiger charge is 2.36. The molecular formula is C22H24FN3O2. The lowest BCUT2D eigenvalue weighted by Crippen LogP contribution is -2.45. The lowest BCUT2D eigenvalue weighted by Gasteiger charge is -2.37. The number of piperidine rings is 1. The molecule has 1 N–H and O–H groups in total. The first kappa shape index (κ1) is 18.5. The fourth-order valence-corrected chi connectivity index (χ4v) is 4.23. The van der Waals surface area contributed by atoms with E-state index in [1.165, 1.54) is 12.1 Å². The number of rotatable bonds is 2. The molecule has 0 radical (unpaired) electrons. The number of benzene rings is 2. The highest BCUT2D eigenvalue weighted by atomic mass is 19.1. The van der Waals surface area contributed by atoms with Crippen molar-refractivity contribution < 1.29 is 14.0 Å². The molecule has 2 fully saturated rings. The third-order valence-electron chi connectivity index (χ3n) is 5.80. The summed E-state index contributed by atoms with van der Waals surface area (Å²) in [5, 5.41) is 2.84. The Hall–Kier alpha value is -2.89. The van der Waals surface area contributed by atoms with Crippen molar-refractivity contribution in [2.45, 2.75) is 19.3 Å². The number of fused-ring (bicyclic) bond motifs is 1. The fraction of sp³-hybridized carbons (Fsp3) is 0.364. The second-order valence-electron chi connectivity index (χ2n) is 7.57. The van der Waals surface area contributed by atoms with Crippen molar-refractivity contribution in [1.82, 2.24) is 4.90 Å². The van der Waals surface area contributed by atoms with Crippen molar-refractivity contribution in [3.63, 3.8) is 0 Å². The molecule has 0 bridgehead atoms. The van der Waals surface area contributed by atoms with E-state index in [4.69, 9.17) is 0 Å². The Balaban J connectivity index is 1.40. The molecule has 0 aliphatic carbocycles. The summed E-state index contributed by atoms with van der Waals surface area (Å²) in [4.78, 5) is 29.1. The van der Waals surface area contributed by atoms with Crippen LogP contribution in [-0.4, -0.2) is 36.5 Å². The third kappa shape index (κ3) is 4.01. The molecule has 2 saturated heterocycles. The number of likely N-dealkylation sites (tertiary alicyclic amines) is 1. The predicted octanol–water partition coefficient (Wildman–Crippen LogP) is 4.12. The van der Waals surface area contributed by atoms with Gasteiger partial charge in [-0.05, 0) is 61.1 Å². The standard InChI is InChI=1S/C22H24FN3O2/c23-18-6-8-19(9-7-18)24-22(28)25-12-10-16-14-21(27)26(13-11-17(16)15-25)20-4-2-1-3-5-20/h1-9,16-17H,10-15H2,(H,24,28). The summed E-state index contributed by atoms with van der Waals surface area (Å²) in [5.41, 5.74) is 1.52. The van der Waals surface area contributed by atoms with E-state index in [0.717, 1.165) is 18.5 Å². The summed E-state index contributed by atoms with van der Waals surface area (Å²) in [7, 11) is 0. The number of halogens is 1. The number of anilines is 2. The van der Waals surface area contributed by atoms with Gasteiger partial charge in [0.25, 0.3) is 0 Å². The SMILES string of the molecule is O=C(Nc1ccc(F)cc1)N1CCC2CC(=O)N(c3ccccc3)CCC2C1. The van der Waals surface area contributed by atoms with Crippen LogP contribution in [0.4, 0.5) is 20.6 Å². The molecule has 2 aromatic rings. The summed E-state index contributed by atoms with van der Waals surface area (Å²) in [5.74, 6) is 0.467. The van der Waals surface area contributed by atoms with E-state index in [9.17, 15) is 14.0 Å². The minimum Gasteiger partial charge on any atom is -0.324 e. The number of urea groups is 1. The summed E-state index contributed by atoms with van der Waals surface area (Å²) < 4.78 is 13.0. The Morgan fingerprint density at radius 3 is 2.43 bits per heavy atom. The first-order valence-electron chi connectivity index (χ1n) is 9.77. The molecule has 2 aromatic carbocycles. The maximum Gasteiger partial charge on any atom is 0.321 e. The second-order valence-corrected chi connectivity index (χ2v) is 7.57. The molecule has 2 unspecified atom stereocenters. The first-order chi connectivity index (χ1) is 13.6. The molecule has 0 spiro atoms. The number of carbonyl (C=O) groups is 2. The molecule has 0 saturated carbocycles. The van der Waals surface area contributed by atoms with E-state index in [-0.39, 0.29) is 17.8 Å². The maximum atomic E-state index is 13.0. The minimum atomic E-state index is -0.329. The van der Waals surface area contributed by atoms with Crippen molar-refractivity contribution in [1.29, 1.82) is 0 Å². The lowest BCUT2D eigenvalue weighted by molar-refractivity contribution is -0.119. The van der Waals surface area contributed by atoms with Gasteiger partial charge in [0.15, 0.2) is 0 Å². The van der Waals surface area contributed by atoms with Crippen LogP contribution in [0.2, 0.25) is 0 Å². The fourth-order valence-electron chi connectivity index (χ4n) is 4.23. The third-order valence-corrected chi connectivity index (χ3v) is 5.80. The maximum absolute atomic E-state index is 13.0. The second kappa shape index (κ2) is 8.00. The number of carbonyl (C=O) groups excluding carboxylic acids is 2. The molecule has 0 aromatic heterocycles. The van der Waals surface area contributed by atoms with Crippen LogP contribution in [-0.2, 0) is 4.79 Å². The van der Waals surface area contributed by atoms with Crippen LogP contribution in [0.5, 0.6) is 0 Å². The van der Waals surface area contributed by atoms with Gasteiger partial charge in [0.2, 0.25) is 5.91 Å². The molecule has 3 amide bonds. The zero-order chi connectivity index (χ0) is 19.5. The van der Waals surface area contributed by atoms with Crippen LogP contribution in [0.1, 0.15) is 19.3 Å². The molecule has 2 aliphatic rings. The molecule has 2 atom stereocenters. The molecule has 2 aliphatic heterocycles. The first-order valence-corrected chi connectivity index (χ1v) is 9.77. The van der Waals surface area contributed by atoms with E-state index in [1.807, 2.05) is 40.1 Å². The summed E-state index contributed by atoms with van der Waals surface area (Å²) in [6.45, 7) is 1.96. The van der Waals surface area contributed by atoms with Gasteiger partial charge in [-0.3, -0.25) is 4.79 Å². The van der Waals surface area contributed by atoms with Gasteiger partial charge >= 0.3 is 6.03 Å². The van der Waals surface area contributed by atoms with Crippen LogP contribution >= 0.6 is 0 Å². The molecule has 2 heterocycles. The van der Waals surface area contributed by atoms with Gasteiger partial charge in [-0.1, -0.05) is 18.2 Å². The summed E-state index contributed by atoms with van der Waals surface area (Å²) in [6.07, 6.45) is 2.24. The monoisotopic (exact) mass is 381 g/mol. The molecule has 5 nitrogen and oxygen atoms in total. The predicted molar refractivity (Wildman–Crippen MR) is 107 cm³/mol. The van der Waals surface area contributed by atoms with E-state index in [2.05, 4.69) is 5.32 Å². The highest BCUT2D eigenvalue weighted by molar-refractivity contribution is 5.94. The van der Waals surface area contributed by atoms with Gasteiger partial charge in [-0.15, -0.1) is 0 Å². The number of amides is 3. The highest BCUT2D eigenvalue weighted by Crippen LogP contribution is 2.34. The lowest BCUT2D eigenvalue weighted by atomic mass is 9.82. The van der Waals surface area contributed by atoms with Gasteiger partial charge in [-0.25, -0.2) is 9.18 Å². The van der Waals surface area contributed by atoms with Crippen molar-refractivity contribution in [3.8, 4) is 0 Å². The number of hydrogen-bond donors (Lipinski definition) is 1. The quantitative estimate of drug-likeness (QED) is 0.851. The van der Waals surface area contributed by atoms with Crippen LogP contribution in [0, 0.1) is 17.7 Å². The van der Waals surface area contributed by atoms with Gasteiger partial charge in [-0.2, -0.15) is 0 Å². The molecular weight excluding hydrogens is 357 g/mol. The van der Waals surface area contributed by atoms with E-state index in [0.29, 0.717) is 43.6 Å². The Labute approximate surface area is 164 Å². The van der Waals surface area contributed by atoms with Gasteiger partial charge in [0, 0.05) is 37.4 Å².